The molecule has 7 heteroatoms. The van der Waals surface area contributed by atoms with Gasteiger partial charge >= 0.3 is 5.97 Å². The first-order valence-corrected chi connectivity index (χ1v) is 9.33. The van der Waals surface area contributed by atoms with Gasteiger partial charge in [-0.2, -0.15) is 5.90 Å². The molecule has 0 amide bonds. The highest BCUT2D eigenvalue weighted by atomic mass is 16.6. The summed E-state index contributed by atoms with van der Waals surface area (Å²) in [5.74, 6) is 6.07. The van der Waals surface area contributed by atoms with Gasteiger partial charge in [-0.3, -0.25) is 0 Å². The van der Waals surface area contributed by atoms with E-state index in [0.29, 0.717) is 56.2 Å². The molecule has 1 rings (SSSR count). The maximum atomic E-state index is 12.5. The average Bonchev–Trinajstić information content (AvgIpc) is 2.64. The molecule has 0 unspecified atom stereocenters. The fourth-order valence-corrected chi connectivity index (χ4v) is 2.69. The van der Waals surface area contributed by atoms with Gasteiger partial charge in [-0.25, -0.2) is 4.79 Å². The minimum atomic E-state index is -0.362. The summed E-state index contributed by atoms with van der Waals surface area (Å²) in [6, 6.07) is 1.74. The number of carbonyl (C=O) groups excluding carboxylic acids is 1. The molecule has 26 heavy (non-hydrogen) atoms. The minimum Gasteiger partial charge on any atom is -0.489 e. The van der Waals surface area contributed by atoms with Crippen LogP contribution >= 0.6 is 0 Å². The molecule has 0 aromatic heterocycles. The van der Waals surface area contributed by atoms with Gasteiger partial charge in [0.1, 0.15) is 0 Å². The van der Waals surface area contributed by atoms with Crippen molar-refractivity contribution in [3.63, 3.8) is 0 Å². The molecule has 6 N–H and O–H groups in total. The van der Waals surface area contributed by atoms with Crippen LogP contribution in [0.5, 0.6) is 11.5 Å². The molecule has 0 bridgehead atoms. The second-order valence-electron chi connectivity index (χ2n) is 6.22. The molecule has 0 radical (unpaired) electrons. The van der Waals surface area contributed by atoms with Gasteiger partial charge in [-0.15, -0.1) is 0 Å². The molecule has 0 fully saturated rings. The molecule has 0 heterocycles. The first-order valence-electron chi connectivity index (χ1n) is 9.33. The number of hydrogen-bond donors (Lipinski definition) is 3. The second-order valence-corrected chi connectivity index (χ2v) is 6.22. The van der Waals surface area contributed by atoms with Crippen molar-refractivity contribution < 1.29 is 19.1 Å². The number of rotatable bonds is 13. The third-order valence-corrected chi connectivity index (χ3v) is 4.03. The van der Waals surface area contributed by atoms with Crippen molar-refractivity contribution >= 4 is 5.97 Å². The first kappa shape index (κ1) is 22.2. The normalized spacial score (nSPS) is 10.7. The average molecular weight is 367 g/mol. The highest BCUT2D eigenvalue weighted by molar-refractivity contribution is 5.93. The molecule has 7 nitrogen and oxygen atoms in total. The lowest BCUT2D eigenvalue weighted by molar-refractivity contribution is 0.0503. The van der Waals surface area contributed by atoms with E-state index in [-0.39, 0.29) is 5.97 Å². The van der Waals surface area contributed by atoms with Gasteiger partial charge < -0.3 is 25.8 Å². The smallest absolute Gasteiger partial charge is 0.338 e. The lowest BCUT2D eigenvalue weighted by atomic mass is 9.98. The number of ether oxygens (including phenoxy) is 2. The minimum absolute atomic E-state index is 0.362. The summed E-state index contributed by atoms with van der Waals surface area (Å²) in [6.45, 7) is 5.82. The van der Waals surface area contributed by atoms with Gasteiger partial charge in [0.05, 0.1) is 18.8 Å². The van der Waals surface area contributed by atoms with Crippen LogP contribution in [0.3, 0.4) is 0 Å². The predicted octanol–water partition coefficient (Wildman–Crippen LogP) is 2.21. The highest BCUT2D eigenvalue weighted by Crippen LogP contribution is 2.38. The van der Waals surface area contributed by atoms with Crippen molar-refractivity contribution in [3.8, 4) is 11.5 Å². The molecular weight excluding hydrogens is 334 g/mol. The van der Waals surface area contributed by atoms with Crippen LogP contribution in [0.15, 0.2) is 6.07 Å². The molecule has 148 valence electrons. The van der Waals surface area contributed by atoms with E-state index >= 15 is 0 Å². The van der Waals surface area contributed by atoms with Crippen molar-refractivity contribution in [3.05, 3.63) is 22.8 Å². The highest BCUT2D eigenvalue weighted by Gasteiger charge is 2.23. The zero-order chi connectivity index (χ0) is 19.4. The molecule has 1 aromatic carbocycles. The number of unbranched alkanes of at least 4 members (excludes halogenated alkanes) is 2. The summed E-state index contributed by atoms with van der Waals surface area (Å²) in [7, 11) is 0. The number of carbonyl (C=O) groups is 1. The Balaban J connectivity index is 3.17. The van der Waals surface area contributed by atoms with Crippen LogP contribution in [0, 0.1) is 6.92 Å². The fraction of sp³-hybridized carbons (Fsp3) is 0.632. The lowest BCUT2D eigenvalue weighted by Gasteiger charge is -2.19. The molecule has 0 atom stereocenters. The molecule has 0 aliphatic carbocycles. The summed E-state index contributed by atoms with van der Waals surface area (Å²) >= 11 is 0. The van der Waals surface area contributed by atoms with E-state index in [9.17, 15) is 4.79 Å². The Bertz CT molecular complexity index is 564. The van der Waals surface area contributed by atoms with E-state index in [4.69, 9.17) is 31.7 Å². The zero-order valence-electron chi connectivity index (χ0n) is 16.0. The van der Waals surface area contributed by atoms with E-state index < -0.39 is 0 Å². The molecular formula is C19H33N3O4. The van der Waals surface area contributed by atoms with Gasteiger partial charge in [0.25, 0.3) is 0 Å². The Morgan fingerprint density at radius 3 is 2.38 bits per heavy atom. The second kappa shape index (κ2) is 12.5. The van der Waals surface area contributed by atoms with E-state index in [2.05, 4.69) is 0 Å². The Kier molecular flexibility index (Phi) is 10.7. The monoisotopic (exact) mass is 367 g/mol. The van der Waals surface area contributed by atoms with Crippen molar-refractivity contribution in [2.45, 2.75) is 52.4 Å². The summed E-state index contributed by atoms with van der Waals surface area (Å²) in [6.07, 6.45) is 4.85. The van der Waals surface area contributed by atoms with Crippen LogP contribution in [0.2, 0.25) is 0 Å². The maximum absolute atomic E-state index is 12.5. The summed E-state index contributed by atoms with van der Waals surface area (Å²) in [5.41, 5.74) is 13.1. The Labute approximate surface area is 156 Å². The van der Waals surface area contributed by atoms with E-state index in [0.717, 1.165) is 36.8 Å². The van der Waals surface area contributed by atoms with E-state index in [1.165, 1.54) is 0 Å². The largest absolute Gasteiger partial charge is 0.489 e. The number of benzene rings is 1. The van der Waals surface area contributed by atoms with Crippen LogP contribution in [-0.4, -0.2) is 32.3 Å². The SMILES string of the molecule is CCCOC(=O)c1cc(C)c(ON)c(OCCCCCN)c1CCCN. The Morgan fingerprint density at radius 1 is 1.04 bits per heavy atom. The van der Waals surface area contributed by atoms with E-state index in [1.54, 1.807) is 6.07 Å². The third kappa shape index (κ3) is 6.48. The standard InChI is InChI=1S/C19H33N3O4/c1-3-11-25-19(23)16-13-14(2)17(26-22)18(15(16)8-7-10-21)24-12-6-4-5-9-20/h13H,3-12,20-22H2,1-2H3. The number of aryl methyl sites for hydroxylation is 1. The van der Waals surface area contributed by atoms with Gasteiger partial charge in [0.2, 0.25) is 0 Å². The van der Waals surface area contributed by atoms with Crippen molar-refractivity contribution in [1.82, 2.24) is 0 Å². The van der Waals surface area contributed by atoms with Gasteiger partial charge in [-0.1, -0.05) is 6.92 Å². The molecule has 0 saturated heterocycles. The van der Waals surface area contributed by atoms with Gasteiger partial charge in [0, 0.05) is 5.56 Å². The molecule has 0 spiro atoms. The van der Waals surface area contributed by atoms with Gasteiger partial charge in [-0.05, 0) is 70.2 Å². The van der Waals surface area contributed by atoms with Crippen LogP contribution < -0.4 is 26.9 Å². The fourth-order valence-electron chi connectivity index (χ4n) is 2.69. The first-order chi connectivity index (χ1) is 12.6. The summed E-state index contributed by atoms with van der Waals surface area (Å²) < 4.78 is 11.3. The van der Waals surface area contributed by atoms with E-state index in [1.807, 2.05) is 13.8 Å². The molecule has 0 saturated carbocycles. The maximum Gasteiger partial charge on any atom is 0.338 e. The van der Waals surface area contributed by atoms with Crippen molar-refractivity contribution in [1.29, 1.82) is 0 Å². The van der Waals surface area contributed by atoms with Crippen molar-refractivity contribution in [2.24, 2.45) is 17.4 Å². The van der Waals surface area contributed by atoms with Crippen molar-refractivity contribution in [2.75, 3.05) is 26.3 Å². The Hall–Kier alpha value is -1.83. The topological polar surface area (TPSA) is 123 Å². The van der Waals surface area contributed by atoms with Gasteiger partial charge in [0.15, 0.2) is 11.5 Å². The lowest BCUT2D eigenvalue weighted by Crippen LogP contribution is -2.15. The molecule has 0 aliphatic heterocycles. The van der Waals surface area contributed by atoms with Crippen LogP contribution in [0.1, 0.15) is 60.5 Å². The number of esters is 1. The summed E-state index contributed by atoms with van der Waals surface area (Å²) in [5, 5.41) is 0. The van der Waals surface area contributed by atoms with Crippen LogP contribution in [0.25, 0.3) is 0 Å². The quantitative estimate of drug-likeness (QED) is 0.277. The summed E-state index contributed by atoms with van der Waals surface area (Å²) in [4.78, 5) is 17.6. The molecule has 1 aromatic rings. The number of hydrogen-bond acceptors (Lipinski definition) is 7. The third-order valence-electron chi connectivity index (χ3n) is 4.03. The predicted molar refractivity (Wildman–Crippen MR) is 102 cm³/mol. The zero-order valence-corrected chi connectivity index (χ0v) is 16.0. The number of nitrogens with two attached hydrogens (primary N) is 3. The van der Waals surface area contributed by atoms with Crippen LogP contribution in [0.4, 0.5) is 0 Å². The van der Waals surface area contributed by atoms with Crippen LogP contribution in [-0.2, 0) is 11.2 Å². The Morgan fingerprint density at radius 2 is 1.77 bits per heavy atom. The molecule has 0 aliphatic rings.